The standard InChI is InChI=1S/C21H20F3N5O2S/c1-13(19(30)25-16-8-7-15(22)17(23)18(16)24)32-21-27-26-20(28-9-11-31-12-10-28)29(21)14-5-3-2-4-6-14/h2-8,13H,9-12H2,1H3,(H,25,30). The van der Waals surface area contributed by atoms with Crippen molar-refractivity contribution in [1.29, 1.82) is 0 Å². The molecular formula is C21H20F3N5O2S. The highest BCUT2D eigenvalue weighted by Gasteiger charge is 2.25. The van der Waals surface area contributed by atoms with Gasteiger partial charge in [-0.2, -0.15) is 0 Å². The van der Waals surface area contributed by atoms with Crippen molar-refractivity contribution in [2.45, 2.75) is 17.3 Å². The van der Waals surface area contributed by atoms with Crippen molar-refractivity contribution in [3.63, 3.8) is 0 Å². The Morgan fingerprint density at radius 3 is 2.50 bits per heavy atom. The second kappa shape index (κ2) is 9.61. The zero-order valence-electron chi connectivity index (χ0n) is 17.1. The van der Waals surface area contributed by atoms with Gasteiger partial charge >= 0.3 is 0 Å². The SMILES string of the molecule is CC(Sc1nnc(N2CCOCC2)n1-c1ccccc1)C(=O)Nc1ccc(F)c(F)c1F. The summed E-state index contributed by atoms with van der Waals surface area (Å²) < 4.78 is 47.8. The molecule has 3 aromatic rings. The van der Waals surface area contributed by atoms with E-state index in [9.17, 15) is 18.0 Å². The number of hydrogen-bond acceptors (Lipinski definition) is 6. The lowest BCUT2D eigenvalue weighted by Gasteiger charge is -2.28. The van der Waals surface area contributed by atoms with Gasteiger partial charge in [0, 0.05) is 13.1 Å². The monoisotopic (exact) mass is 463 g/mol. The number of para-hydroxylation sites is 1. The van der Waals surface area contributed by atoms with Gasteiger partial charge in [-0.05, 0) is 31.2 Å². The molecule has 1 amide bonds. The first-order chi connectivity index (χ1) is 15.5. The van der Waals surface area contributed by atoms with Crippen LogP contribution in [0.1, 0.15) is 6.92 Å². The highest BCUT2D eigenvalue weighted by Crippen LogP contribution is 2.30. The van der Waals surface area contributed by atoms with Gasteiger partial charge in [-0.1, -0.05) is 30.0 Å². The lowest BCUT2D eigenvalue weighted by atomic mass is 10.2. The Kier molecular flexibility index (Phi) is 6.66. The maximum atomic E-state index is 13.9. The van der Waals surface area contributed by atoms with E-state index < -0.39 is 34.3 Å². The van der Waals surface area contributed by atoms with Gasteiger partial charge in [-0.25, -0.2) is 13.2 Å². The van der Waals surface area contributed by atoms with Gasteiger partial charge in [0.1, 0.15) is 0 Å². The van der Waals surface area contributed by atoms with Crippen LogP contribution < -0.4 is 10.2 Å². The van der Waals surface area contributed by atoms with E-state index in [0.717, 1.165) is 29.6 Å². The Hall–Kier alpha value is -3.05. The molecule has 1 saturated heterocycles. The van der Waals surface area contributed by atoms with E-state index in [2.05, 4.69) is 20.4 Å². The third-order valence-electron chi connectivity index (χ3n) is 4.87. The predicted octanol–water partition coefficient (Wildman–Crippen LogP) is 3.64. The maximum Gasteiger partial charge on any atom is 0.237 e. The second-order valence-electron chi connectivity index (χ2n) is 7.03. The number of halogens is 3. The largest absolute Gasteiger partial charge is 0.378 e. The molecule has 0 radical (unpaired) electrons. The number of amides is 1. The third kappa shape index (κ3) is 4.58. The summed E-state index contributed by atoms with van der Waals surface area (Å²) in [6.45, 7) is 4.06. The van der Waals surface area contributed by atoms with Crippen LogP contribution >= 0.6 is 11.8 Å². The van der Waals surface area contributed by atoms with Crippen molar-refractivity contribution in [1.82, 2.24) is 14.8 Å². The van der Waals surface area contributed by atoms with E-state index in [1.807, 2.05) is 34.9 Å². The highest BCUT2D eigenvalue weighted by atomic mass is 32.2. The van der Waals surface area contributed by atoms with E-state index >= 15 is 0 Å². The fourth-order valence-electron chi connectivity index (χ4n) is 3.18. The highest BCUT2D eigenvalue weighted by molar-refractivity contribution is 8.00. The van der Waals surface area contributed by atoms with Crippen LogP contribution in [0.4, 0.5) is 24.8 Å². The number of anilines is 2. The van der Waals surface area contributed by atoms with Crippen molar-refractivity contribution < 1.29 is 22.7 Å². The maximum absolute atomic E-state index is 13.9. The molecule has 0 bridgehead atoms. The number of hydrogen-bond donors (Lipinski definition) is 1. The van der Waals surface area contributed by atoms with Gasteiger partial charge in [0.05, 0.1) is 29.8 Å². The van der Waals surface area contributed by atoms with Gasteiger partial charge in [0.15, 0.2) is 22.6 Å². The van der Waals surface area contributed by atoms with E-state index in [-0.39, 0.29) is 0 Å². The van der Waals surface area contributed by atoms with Crippen LogP contribution in [0.25, 0.3) is 5.69 Å². The molecule has 0 aliphatic carbocycles. The molecule has 1 aliphatic rings. The van der Waals surface area contributed by atoms with E-state index in [1.165, 1.54) is 0 Å². The Balaban J connectivity index is 1.57. The number of ether oxygens (including phenoxy) is 1. The average Bonchev–Trinajstić information content (AvgIpc) is 3.24. The summed E-state index contributed by atoms with van der Waals surface area (Å²) in [4.78, 5) is 14.7. The Labute approximate surface area is 186 Å². The van der Waals surface area contributed by atoms with Gasteiger partial charge in [-0.15, -0.1) is 10.2 Å². The summed E-state index contributed by atoms with van der Waals surface area (Å²) in [7, 11) is 0. The molecule has 11 heteroatoms. The molecule has 1 N–H and O–H groups in total. The molecule has 4 rings (SSSR count). The smallest absolute Gasteiger partial charge is 0.237 e. The minimum atomic E-state index is -1.64. The van der Waals surface area contributed by atoms with Crippen LogP contribution in [0.2, 0.25) is 0 Å². The van der Waals surface area contributed by atoms with Crippen LogP contribution in [0.15, 0.2) is 47.6 Å². The molecule has 32 heavy (non-hydrogen) atoms. The first kappa shape index (κ1) is 22.2. The van der Waals surface area contributed by atoms with Crippen molar-refractivity contribution in [2.75, 3.05) is 36.5 Å². The summed E-state index contributed by atoms with van der Waals surface area (Å²) in [6.07, 6.45) is 0. The second-order valence-corrected chi connectivity index (χ2v) is 8.33. The molecule has 0 spiro atoms. The quantitative estimate of drug-likeness (QED) is 0.445. The molecule has 2 aromatic carbocycles. The Morgan fingerprint density at radius 1 is 1.06 bits per heavy atom. The molecule has 2 heterocycles. The average molecular weight is 463 g/mol. The number of thioether (sulfide) groups is 1. The number of carbonyl (C=O) groups is 1. The number of carbonyl (C=O) groups excluding carboxylic acids is 1. The molecule has 168 valence electrons. The third-order valence-corrected chi connectivity index (χ3v) is 5.91. The minimum absolute atomic E-state index is 0.431. The van der Waals surface area contributed by atoms with Crippen LogP contribution in [0, 0.1) is 17.5 Å². The van der Waals surface area contributed by atoms with Crippen molar-refractivity contribution in [3.8, 4) is 5.69 Å². The van der Waals surface area contributed by atoms with Crippen molar-refractivity contribution >= 4 is 29.3 Å². The number of benzene rings is 2. The zero-order valence-corrected chi connectivity index (χ0v) is 17.9. The van der Waals surface area contributed by atoms with Crippen LogP contribution in [-0.2, 0) is 9.53 Å². The molecule has 1 atom stereocenters. The molecule has 1 fully saturated rings. The lowest BCUT2D eigenvalue weighted by Crippen LogP contribution is -2.37. The van der Waals surface area contributed by atoms with Crippen LogP contribution in [0.3, 0.4) is 0 Å². The normalized spacial score (nSPS) is 14.9. The summed E-state index contributed by atoms with van der Waals surface area (Å²) in [6, 6.07) is 11.2. The Bertz CT molecular complexity index is 1110. The number of nitrogens with zero attached hydrogens (tertiary/aromatic N) is 4. The molecule has 1 aromatic heterocycles. The van der Waals surface area contributed by atoms with Crippen LogP contribution in [-0.4, -0.2) is 52.2 Å². The molecule has 7 nitrogen and oxygen atoms in total. The van der Waals surface area contributed by atoms with E-state index in [0.29, 0.717) is 37.4 Å². The summed E-state index contributed by atoms with van der Waals surface area (Å²) >= 11 is 1.12. The van der Waals surface area contributed by atoms with Crippen molar-refractivity contribution in [3.05, 3.63) is 59.9 Å². The summed E-state index contributed by atoms with van der Waals surface area (Å²) in [5.74, 6) is -4.37. The van der Waals surface area contributed by atoms with Gasteiger partial charge in [0.2, 0.25) is 11.9 Å². The fraction of sp³-hybridized carbons (Fsp3) is 0.286. The topological polar surface area (TPSA) is 72.3 Å². The van der Waals surface area contributed by atoms with Crippen LogP contribution in [0.5, 0.6) is 0 Å². The van der Waals surface area contributed by atoms with Crippen molar-refractivity contribution in [2.24, 2.45) is 0 Å². The molecule has 1 aliphatic heterocycles. The number of nitrogens with one attached hydrogen (secondary N) is 1. The minimum Gasteiger partial charge on any atom is -0.378 e. The first-order valence-electron chi connectivity index (χ1n) is 9.90. The number of morpholine rings is 1. The zero-order chi connectivity index (χ0) is 22.7. The number of aromatic nitrogens is 3. The lowest BCUT2D eigenvalue weighted by molar-refractivity contribution is -0.115. The summed E-state index contributed by atoms with van der Waals surface area (Å²) in [5, 5.41) is 10.6. The first-order valence-corrected chi connectivity index (χ1v) is 10.8. The molecular weight excluding hydrogens is 443 g/mol. The molecule has 1 unspecified atom stereocenters. The summed E-state index contributed by atoms with van der Waals surface area (Å²) in [5.41, 5.74) is 0.389. The van der Waals surface area contributed by atoms with E-state index in [4.69, 9.17) is 4.74 Å². The number of rotatable bonds is 6. The Morgan fingerprint density at radius 2 is 1.78 bits per heavy atom. The van der Waals surface area contributed by atoms with E-state index in [1.54, 1.807) is 6.92 Å². The van der Waals surface area contributed by atoms with Gasteiger partial charge in [0.25, 0.3) is 0 Å². The predicted molar refractivity (Wildman–Crippen MR) is 115 cm³/mol. The molecule has 0 saturated carbocycles. The van der Waals surface area contributed by atoms with Gasteiger partial charge in [-0.3, -0.25) is 9.36 Å². The fourth-order valence-corrected chi connectivity index (χ4v) is 4.04. The van der Waals surface area contributed by atoms with Gasteiger partial charge < -0.3 is 15.0 Å².